The first-order chi connectivity index (χ1) is 5.74. The van der Waals surface area contributed by atoms with Gasteiger partial charge in [-0.05, 0) is 25.2 Å². The van der Waals surface area contributed by atoms with Crippen molar-refractivity contribution in [3.63, 3.8) is 0 Å². The van der Waals surface area contributed by atoms with E-state index in [1.54, 1.807) is 0 Å². The van der Waals surface area contributed by atoms with Crippen molar-refractivity contribution < 1.29 is 0 Å². The van der Waals surface area contributed by atoms with Gasteiger partial charge in [-0.3, -0.25) is 4.99 Å². The number of hydrogen-bond acceptors (Lipinski definition) is 3. The molecule has 0 aromatic carbocycles. The summed E-state index contributed by atoms with van der Waals surface area (Å²) in [5, 5.41) is 3.32. The van der Waals surface area contributed by atoms with Crippen LogP contribution in [0.4, 0.5) is 0 Å². The van der Waals surface area contributed by atoms with Crippen LogP contribution in [0.25, 0.3) is 0 Å². The highest BCUT2D eigenvalue weighted by Gasteiger charge is 2.41. The molecule has 0 aromatic heterocycles. The van der Waals surface area contributed by atoms with Crippen molar-refractivity contribution in [3.05, 3.63) is 0 Å². The van der Waals surface area contributed by atoms with Gasteiger partial charge >= 0.3 is 0 Å². The minimum absolute atomic E-state index is 0.255. The maximum Gasteiger partial charge on any atom is 0.189 e. The minimum atomic E-state index is 0.255. The molecule has 68 valence electrons. The molecule has 1 fully saturated rings. The Balaban J connectivity index is 1.99. The van der Waals surface area contributed by atoms with Gasteiger partial charge in [-0.25, -0.2) is 0 Å². The Hall–Kier alpha value is -0.730. The molecule has 3 heteroatoms. The standard InChI is InChI=1S/C9H17N3/c1-2-7-3-4-9(5-7)6-11-8(10)12-9/h7H,2-6H2,1H3,(H3,10,11,12). The van der Waals surface area contributed by atoms with Crippen LogP contribution >= 0.6 is 0 Å². The molecular weight excluding hydrogens is 150 g/mol. The second kappa shape index (κ2) is 2.64. The summed E-state index contributed by atoms with van der Waals surface area (Å²) < 4.78 is 0. The first kappa shape index (κ1) is 7.90. The largest absolute Gasteiger partial charge is 0.370 e. The second-order valence-corrected chi connectivity index (χ2v) is 4.12. The van der Waals surface area contributed by atoms with Gasteiger partial charge in [0.15, 0.2) is 5.96 Å². The Labute approximate surface area is 73.4 Å². The van der Waals surface area contributed by atoms with Gasteiger partial charge in [-0.1, -0.05) is 13.3 Å². The van der Waals surface area contributed by atoms with Gasteiger partial charge in [0.25, 0.3) is 0 Å². The highest BCUT2D eigenvalue weighted by molar-refractivity contribution is 5.80. The fourth-order valence-corrected chi connectivity index (χ4v) is 2.43. The van der Waals surface area contributed by atoms with Crippen molar-refractivity contribution in [2.45, 2.75) is 38.1 Å². The molecule has 0 saturated heterocycles. The monoisotopic (exact) mass is 167 g/mol. The van der Waals surface area contributed by atoms with Gasteiger partial charge in [-0.15, -0.1) is 0 Å². The molecule has 0 bridgehead atoms. The van der Waals surface area contributed by atoms with Crippen LogP contribution in [0.2, 0.25) is 0 Å². The van der Waals surface area contributed by atoms with Crippen LogP contribution in [0.3, 0.4) is 0 Å². The summed E-state index contributed by atoms with van der Waals surface area (Å²) in [6.45, 7) is 3.16. The van der Waals surface area contributed by atoms with Crippen molar-refractivity contribution in [2.75, 3.05) is 6.54 Å². The van der Waals surface area contributed by atoms with Crippen LogP contribution < -0.4 is 11.1 Å². The summed E-state index contributed by atoms with van der Waals surface area (Å²) in [6.07, 6.45) is 5.14. The smallest absolute Gasteiger partial charge is 0.189 e. The predicted molar refractivity (Wildman–Crippen MR) is 50.0 cm³/mol. The molecule has 1 heterocycles. The fourth-order valence-electron chi connectivity index (χ4n) is 2.43. The zero-order chi connectivity index (χ0) is 8.60. The SMILES string of the molecule is CCC1CCC2(CN=C(N)N2)C1. The van der Waals surface area contributed by atoms with Crippen LogP contribution in [-0.4, -0.2) is 18.0 Å². The molecular formula is C9H17N3. The van der Waals surface area contributed by atoms with Gasteiger partial charge in [0.2, 0.25) is 0 Å². The zero-order valence-electron chi connectivity index (χ0n) is 7.64. The van der Waals surface area contributed by atoms with Crippen LogP contribution in [-0.2, 0) is 0 Å². The van der Waals surface area contributed by atoms with E-state index >= 15 is 0 Å². The van der Waals surface area contributed by atoms with Crippen molar-refractivity contribution in [3.8, 4) is 0 Å². The van der Waals surface area contributed by atoms with E-state index in [0.29, 0.717) is 5.96 Å². The quantitative estimate of drug-likeness (QED) is 0.608. The van der Waals surface area contributed by atoms with Crippen molar-refractivity contribution in [2.24, 2.45) is 16.6 Å². The van der Waals surface area contributed by atoms with Crippen molar-refractivity contribution >= 4 is 5.96 Å². The third-order valence-corrected chi connectivity index (χ3v) is 3.23. The average molecular weight is 167 g/mol. The topological polar surface area (TPSA) is 50.4 Å². The summed E-state index contributed by atoms with van der Waals surface area (Å²) in [6, 6.07) is 0. The van der Waals surface area contributed by atoms with Gasteiger partial charge in [0.1, 0.15) is 0 Å². The molecule has 1 aliphatic carbocycles. The van der Waals surface area contributed by atoms with E-state index in [4.69, 9.17) is 5.73 Å². The molecule has 2 rings (SSSR count). The van der Waals surface area contributed by atoms with E-state index in [-0.39, 0.29) is 5.54 Å². The van der Waals surface area contributed by atoms with Gasteiger partial charge in [0.05, 0.1) is 12.1 Å². The number of aliphatic imine (C=N–C) groups is 1. The maximum absolute atomic E-state index is 5.62. The number of guanidine groups is 1. The Morgan fingerprint density at radius 2 is 2.58 bits per heavy atom. The van der Waals surface area contributed by atoms with Crippen LogP contribution in [0.15, 0.2) is 4.99 Å². The lowest BCUT2D eigenvalue weighted by Gasteiger charge is -2.23. The number of hydrogen-bond donors (Lipinski definition) is 2. The third-order valence-electron chi connectivity index (χ3n) is 3.23. The van der Waals surface area contributed by atoms with Crippen molar-refractivity contribution in [1.82, 2.24) is 5.32 Å². The third kappa shape index (κ3) is 1.17. The molecule has 1 saturated carbocycles. The van der Waals surface area contributed by atoms with E-state index < -0.39 is 0 Å². The molecule has 2 unspecified atom stereocenters. The van der Waals surface area contributed by atoms with Crippen LogP contribution in [0.5, 0.6) is 0 Å². The Morgan fingerprint density at radius 3 is 3.08 bits per heavy atom. The Bertz CT molecular complexity index is 212. The Morgan fingerprint density at radius 1 is 1.75 bits per heavy atom. The number of nitrogens with one attached hydrogen (secondary N) is 1. The molecule has 3 N–H and O–H groups in total. The summed E-state index contributed by atoms with van der Waals surface area (Å²) in [7, 11) is 0. The van der Waals surface area contributed by atoms with Crippen LogP contribution in [0, 0.1) is 5.92 Å². The summed E-state index contributed by atoms with van der Waals surface area (Å²) in [5.41, 5.74) is 5.87. The van der Waals surface area contributed by atoms with E-state index in [9.17, 15) is 0 Å². The summed E-state index contributed by atoms with van der Waals surface area (Å²) in [5.74, 6) is 1.53. The van der Waals surface area contributed by atoms with Gasteiger partial charge in [-0.2, -0.15) is 0 Å². The molecule has 0 aromatic rings. The highest BCUT2D eigenvalue weighted by atomic mass is 15.2. The predicted octanol–water partition coefficient (Wildman–Crippen LogP) is 0.853. The number of rotatable bonds is 1. The molecule has 1 spiro atoms. The van der Waals surface area contributed by atoms with E-state index in [0.717, 1.165) is 12.5 Å². The fraction of sp³-hybridized carbons (Fsp3) is 0.889. The van der Waals surface area contributed by atoms with E-state index in [1.165, 1.54) is 25.7 Å². The van der Waals surface area contributed by atoms with E-state index in [1.807, 2.05) is 0 Å². The zero-order valence-corrected chi connectivity index (χ0v) is 7.64. The number of nitrogens with two attached hydrogens (primary N) is 1. The minimum Gasteiger partial charge on any atom is -0.370 e. The van der Waals surface area contributed by atoms with Crippen LogP contribution in [0.1, 0.15) is 32.6 Å². The molecule has 0 amide bonds. The molecule has 12 heavy (non-hydrogen) atoms. The molecule has 2 aliphatic rings. The molecule has 3 nitrogen and oxygen atoms in total. The normalized spacial score (nSPS) is 40.1. The van der Waals surface area contributed by atoms with Crippen molar-refractivity contribution in [1.29, 1.82) is 0 Å². The maximum atomic E-state index is 5.62. The first-order valence-electron chi connectivity index (χ1n) is 4.82. The average Bonchev–Trinajstić information content (AvgIpc) is 2.61. The molecule has 0 radical (unpaired) electrons. The summed E-state index contributed by atoms with van der Waals surface area (Å²) >= 11 is 0. The van der Waals surface area contributed by atoms with Gasteiger partial charge < -0.3 is 11.1 Å². The highest BCUT2D eigenvalue weighted by Crippen LogP contribution is 2.37. The molecule has 2 atom stereocenters. The first-order valence-corrected chi connectivity index (χ1v) is 4.82. The van der Waals surface area contributed by atoms with Gasteiger partial charge in [0, 0.05) is 0 Å². The lowest BCUT2D eigenvalue weighted by molar-refractivity contribution is 0.399. The Kier molecular flexibility index (Phi) is 1.74. The second-order valence-electron chi connectivity index (χ2n) is 4.12. The lowest BCUT2D eigenvalue weighted by atomic mass is 9.96. The number of nitrogens with zero attached hydrogens (tertiary/aromatic N) is 1. The summed E-state index contributed by atoms with van der Waals surface area (Å²) in [4.78, 5) is 4.22. The van der Waals surface area contributed by atoms with E-state index in [2.05, 4.69) is 17.2 Å². The lowest BCUT2D eigenvalue weighted by Crippen LogP contribution is -2.45. The molecule has 1 aliphatic heterocycles.